The topological polar surface area (TPSA) is 131 Å². The largest absolute Gasteiger partial charge is 0.457 e. The molecule has 0 fully saturated rings. The third-order valence-electron chi connectivity index (χ3n) is 8.44. The number of hydrogen-bond acceptors (Lipinski definition) is 12. The van der Waals surface area contributed by atoms with Crippen LogP contribution in [0.2, 0.25) is 0 Å². The number of benzene rings is 4. The van der Waals surface area contributed by atoms with Crippen LogP contribution in [0.25, 0.3) is 0 Å². The van der Waals surface area contributed by atoms with Gasteiger partial charge in [-0.05, 0) is 73.5 Å². The predicted octanol–water partition coefficient (Wildman–Crippen LogP) is 10.2. The molecule has 0 bridgehead atoms. The van der Waals surface area contributed by atoms with E-state index in [9.17, 15) is 19.2 Å². The number of hydrogen-bond donors (Lipinski definition) is 0. The third-order valence-corrected chi connectivity index (χ3v) is 10.7. The van der Waals surface area contributed by atoms with Gasteiger partial charge in [0.1, 0.15) is 13.2 Å². The van der Waals surface area contributed by atoms with E-state index in [0.717, 1.165) is 0 Å². The number of esters is 4. The molecule has 0 spiro atoms. The van der Waals surface area contributed by atoms with E-state index in [4.69, 9.17) is 18.9 Å². The predicted molar refractivity (Wildman–Crippen MR) is 229 cm³/mol. The number of aromatic nitrogens is 2. The Morgan fingerprint density at radius 3 is 1.07 bits per heavy atom. The summed E-state index contributed by atoms with van der Waals surface area (Å²) in [5.41, 5.74) is 4.83. The average Bonchev–Trinajstić information content (AvgIpc) is 3.24. The first-order valence-electron chi connectivity index (χ1n) is 17.5. The first-order valence-corrected chi connectivity index (χ1v) is 19.9. The van der Waals surface area contributed by atoms with Crippen LogP contribution in [0.4, 0.5) is 0 Å². The Balaban J connectivity index is 0.00000372. The van der Waals surface area contributed by atoms with Crippen molar-refractivity contribution in [3.8, 4) is 11.5 Å². The van der Waals surface area contributed by atoms with E-state index in [1.165, 1.54) is 21.6 Å². The SMILES string of the molecule is Cc1ncc(CSSCc2cnc(C)c(OC(=O)c3ccccc3)c2COC(=O)c2ccccc2)c(COC(=O)c2ccccc2)c1OC(=O)c1ccccc1.Cl.Cl. The molecule has 0 atom stereocenters. The molecule has 0 aliphatic rings. The van der Waals surface area contributed by atoms with Gasteiger partial charge in [0.25, 0.3) is 0 Å². The fourth-order valence-corrected chi connectivity index (χ4v) is 7.62. The molecule has 298 valence electrons. The standard InChI is InChI=1S/C44H36N2O8S2.2ClH/c1-29-39(53-43(49)33-19-11-5-12-20-33)37(25-51-41(47)31-15-7-3-8-16-31)35(23-45-29)27-55-56-28-36-24-46-30(2)40(54-44(50)34-21-13-6-14-22-34)38(36)26-52-42(48)32-17-9-4-10-18-32;;/h3-24H,25-28H2,1-2H3;2*1H. The Kier molecular flexibility index (Phi) is 17.3. The van der Waals surface area contributed by atoms with Gasteiger partial charge in [-0.25, -0.2) is 19.2 Å². The number of ether oxygens (including phenoxy) is 4. The maximum absolute atomic E-state index is 13.2. The maximum Gasteiger partial charge on any atom is 0.343 e. The zero-order chi connectivity index (χ0) is 39.3. The minimum atomic E-state index is -0.568. The summed E-state index contributed by atoms with van der Waals surface area (Å²) in [6.45, 7) is 3.12. The second-order valence-corrected chi connectivity index (χ2v) is 14.7. The van der Waals surface area contributed by atoms with Gasteiger partial charge < -0.3 is 18.9 Å². The highest BCUT2D eigenvalue weighted by molar-refractivity contribution is 8.76. The first kappa shape index (κ1) is 45.0. The molecule has 0 N–H and O–H groups in total. The van der Waals surface area contributed by atoms with E-state index in [1.807, 2.05) is 12.1 Å². The molecule has 0 aliphatic heterocycles. The van der Waals surface area contributed by atoms with Gasteiger partial charge >= 0.3 is 23.9 Å². The van der Waals surface area contributed by atoms with Crippen molar-refractivity contribution in [1.29, 1.82) is 0 Å². The van der Waals surface area contributed by atoms with Crippen LogP contribution in [0.5, 0.6) is 11.5 Å². The van der Waals surface area contributed by atoms with Gasteiger partial charge in [-0.2, -0.15) is 0 Å². The molecule has 0 aliphatic carbocycles. The van der Waals surface area contributed by atoms with Crippen molar-refractivity contribution in [3.05, 3.63) is 190 Å². The van der Waals surface area contributed by atoms with Gasteiger partial charge in [0, 0.05) is 35.0 Å². The Labute approximate surface area is 356 Å². The van der Waals surface area contributed by atoms with Crippen LogP contribution in [0, 0.1) is 13.8 Å². The van der Waals surface area contributed by atoms with E-state index in [1.54, 1.807) is 135 Å². The van der Waals surface area contributed by atoms with E-state index in [0.29, 0.717) is 67.4 Å². The molecule has 4 aromatic carbocycles. The number of carbonyl (C=O) groups excluding carboxylic acids is 4. The number of nitrogens with zero attached hydrogens (tertiary/aromatic N) is 2. The van der Waals surface area contributed by atoms with Crippen molar-refractivity contribution in [3.63, 3.8) is 0 Å². The minimum absolute atomic E-state index is 0. The number of carbonyl (C=O) groups is 4. The van der Waals surface area contributed by atoms with Gasteiger partial charge in [0.05, 0.1) is 33.6 Å². The molecule has 0 saturated carbocycles. The molecular formula is C44H38Cl2N2O8S2. The van der Waals surface area contributed by atoms with Crippen LogP contribution in [0.15, 0.2) is 134 Å². The Bertz CT molecular complexity index is 2160. The third kappa shape index (κ3) is 11.9. The molecule has 2 aromatic heterocycles. The highest BCUT2D eigenvalue weighted by Gasteiger charge is 2.23. The maximum atomic E-state index is 13.2. The Morgan fingerprint density at radius 2 is 0.759 bits per heavy atom. The highest BCUT2D eigenvalue weighted by atomic mass is 35.5. The molecule has 6 rings (SSSR count). The molecule has 10 nitrogen and oxygen atoms in total. The molecule has 58 heavy (non-hydrogen) atoms. The summed E-state index contributed by atoms with van der Waals surface area (Å²) in [4.78, 5) is 61.3. The van der Waals surface area contributed by atoms with Crippen molar-refractivity contribution in [1.82, 2.24) is 9.97 Å². The lowest BCUT2D eigenvalue weighted by Crippen LogP contribution is -2.14. The van der Waals surface area contributed by atoms with Crippen molar-refractivity contribution in [2.24, 2.45) is 0 Å². The molecular weight excluding hydrogens is 820 g/mol. The quantitative estimate of drug-likeness (QED) is 0.0553. The summed E-state index contributed by atoms with van der Waals surface area (Å²) in [5.74, 6) is -0.966. The summed E-state index contributed by atoms with van der Waals surface area (Å²) < 4.78 is 23.3. The van der Waals surface area contributed by atoms with Crippen molar-refractivity contribution >= 4 is 70.3 Å². The van der Waals surface area contributed by atoms with Crippen LogP contribution >= 0.6 is 46.4 Å². The van der Waals surface area contributed by atoms with Gasteiger partial charge in [0.2, 0.25) is 0 Å². The van der Waals surface area contributed by atoms with Crippen molar-refractivity contribution in [2.75, 3.05) is 0 Å². The van der Waals surface area contributed by atoms with Crippen LogP contribution in [0.3, 0.4) is 0 Å². The Morgan fingerprint density at radius 1 is 0.466 bits per heavy atom. The lowest BCUT2D eigenvalue weighted by Gasteiger charge is -2.18. The molecule has 0 saturated heterocycles. The minimum Gasteiger partial charge on any atom is -0.457 e. The van der Waals surface area contributed by atoms with Crippen molar-refractivity contribution in [2.45, 2.75) is 38.6 Å². The summed E-state index contributed by atoms with van der Waals surface area (Å²) >= 11 is 0. The Hall–Kier alpha value is -5.66. The number of aryl methyl sites for hydroxylation is 2. The number of halogens is 2. The molecule has 6 aromatic rings. The van der Waals surface area contributed by atoms with Crippen LogP contribution < -0.4 is 9.47 Å². The van der Waals surface area contributed by atoms with Gasteiger partial charge in [-0.3, -0.25) is 9.97 Å². The zero-order valence-corrected chi connectivity index (χ0v) is 34.6. The molecule has 0 amide bonds. The number of rotatable bonds is 15. The fraction of sp³-hybridized carbons (Fsp3) is 0.136. The van der Waals surface area contributed by atoms with E-state index in [-0.39, 0.29) is 49.5 Å². The van der Waals surface area contributed by atoms with Crippen LogP contribution in [0.1, 0.15) is 75.1 Å². The molecule has 2 heterocycles. The summed E-state index contributed by atoms with van der Waals surface area (Å²) in [6.07, 6.45) is 3.36. The van der Waals surface area contributed by atoms with Gasteiger partial charge in [-0.1, -0.05) is 94.4 Å². The average molecular weight is 858 g/mol. The van der Waals surface area contributed by atoms with Crippen LogP contribution in [-0.4, -0.2) is 33.8 Å². The van der Waals surface area contributed by atoms with Crippen molar-refractivity contribution < 1.29 is 38.1 Å². The van der Waals surface area contributed by atoms with E-state index < -0.39 is 23.9 Å². The normalized spacial score (nSPS) is 10.3. The molecule has 14 heteroatoms. The fourth-order valence-electron chi connectivity index (χ4n) is 5.44. The molecule has 0 unspecified atom stereocenters. The lowest BCUT2D eigenvalue weighted by atomic mass is 10.1. The summed E-state index contributed by atoms with van der Waals surface area (Å²) in [5, 5.41) is 0. The number of pyridine rings is 2. The second kappa shape index (κ2) is 22.3. The first-order chi connectivity index (χ1) is 27.3. The van der Waals surface area contributed by atoms with E-state index >= 15 is 0 Å². The van der Waals surface area contributed by atoms with E-state index in [2.05, 4.69) is 9.97 Å². The van der Waals surface area contributed by atoms with Gasteiger partial charge in [-0.15, -0.1) is 24.8 Å². The second-order valence-electron chi connectivity index (χ2n) is 12.3. The lowest BCUT2D eigenvalue weighted by molar-refractivity contribution is 0.0457. The molecule has 0 radical (unpaired) electrons. The smallest absolute Gasteiger partial charge is 0.343 e. The summed E-state index contributed by atoms with van der Waals surface area (Å²) in [7, 11) is 2.96. The van der Waals surface area contributed by atoms with Crippen LogP contribution in [-0.2, 0) is 34.2 Å². The summed E-state index contributed by atoms with van der Waals surface area (Å²) in [6, 6.07) is 34.5. The zero-order valence-electron chi connectivity index (χ0n) is 31.3. The monoisotopic (exact) mass is 856 g/mol. The van der Waals surface area contributed by atoms with Gasteiger partial charge in [0.15, 0.2) is 11.5 Å². The highest BCUT2D eigenvalue weighted by Crippen LogP contribution is 2.37.